The standard InChI is InChI=1S/C29H32FNO3/c1-6-19-14-23(29(3,4)5)12-18(2)28(19)26(33)9-7-8-21-13-22(17-32)24(16-25(21)30)20-10-11-31-27(34)15-20/h6,10-16,32H,1,7-9,17H2,2-5H3,(H,31,34). The van der Waals surface area contributed by atoms with Gasteiger partial charge in [0.1, 0.15) is 5.82 Å². The summed E-state index contributed by atoms with van der Waals surface area (Å²) in [6.45, 7) is 11.9. The largest absolute Gasteiger partial charge is 0.392 e. The molecule has 0 spiro atoms. The molecular formula is C29H32FNO3. The van der Waals surface area contributed by atoms with E-state index >= 15 is 0 Å². The fourth-order valence-electron chi connectivity index (χ4n) is 4.23. The maximum Gasteiger partial charge on any atom is 0.248 e. The summed E-state index contributed by atoms with van der Waals surface area (Å²) < 4.78 is 14.9. The van der Waals surface area contributed by atoms with Gasteiger partial charge in [-0.1, -0.05) is 45.6 Å². The van der Waals surface area contributed by atoms with Crippen molar-refractivity contribution in [2.45, 2.75) is 59.0 Å². The maximum absolute atomic E-state index is 14.9. The minimum atomic E-state index is -0.419. The molecule has 178 valence electrons. The van der Waals surface area contributed by atoms with E-state index in [1.807, 2.05) is 13.0 Å². The molecule has 0 aliphatic carbocycles. The number of aromatic amines is 1. The lowest BCUT2D eigenvalue weighted by molar-refractivity contribution is 0.0979. The van der Waals surface area contributed by atoms with E-state index in [4.69, 9.17) is 0 Å². The Morgan fingerprint density at radius 2 is 1.88 bits per heavy atom. The molecule has 0 amide bonds. The molecule has 0 fully saturated rings. The van der Waals surface area contributed by atoms with Crippen molar-refractivity contribution in [2.24, 2.45) is 0 Å². The molecule has 2 N–H and O–H groups in total. The number of aliphatic hydroxyl groups is 1. The number of aliphatic hydroxyl groups excluding tert-OH is 1. The molecule has 1 heterocycles. The second-order valence-corrected chi connectivity index (χ2v) is 9.69. The highest BCUT2D eigenvalue weighted by Crippen LogP contribution is 2.30. The van der Waals surface area contributed by atoms with E-state index in [-0.39, 0.29) is 29.8 Å². The van der Waals surface area contributed by atoms with Crippen LogP contribution < -0.4 is 5.56 Å². The monoisotopic (exact) mass is 461 g/mol. The summed E-state index contributed by atoms with van der Waals surface area (Å²) in [6, 6.07) is 10.1. The number of pyridine rings is 1. The molecule has 0 radical (unpaired) electrons. The molecular weight excluding hydrogens is 429 g/mol. The molecule has 0 atom stereocenters. The molecule has 3 rings (SSSR count). The zero-order valence-electron chi connectivity index (χ0n) is 20.3. The third-order valence-corrected chi connectivity index (χ3v) is 6.11. The van der Waals surface area contributed by atoms with E-state index in [0.29, 0.717) is 40.7 Å². The number of aromatic nitrogens is 1. The molecule has 3 aromatic rings. The number of ketones is 1. The number of halogens is 1. The zero-order chi connectivity index (χ0) is 25.0. The van der Waals surface area contributed by atoms with Crippen LogP contribution in [0.2, 0.25) is 0 Å². The normalized spacial score (nSPS) is 11.5. The highest BCUT2D eigenvalue weighted by atomic mass is 19.1. The molecule has 1 aromatic heterocycles. The number of Topliss-reactive ketones (excluding diaryl/α,β-unsaturated/α-hetero) is 1. The van der Waals surface area contributed by atoms with Gasteiger partial charge in [0, 0.05) is 24.2 Å². The molecule has 0 aliphatic rings. The highest BCUT2D eigenvalue weighted by molar-refractivity contribution is 6.00. The Labute approximate surface area is 200 Å². The number of benzene rings is 2. The Bertz CT molecular complexity index is 1280. The lowest BCUT2D eigenvalue weighted by atomic mass is 9.82. The topological polar surface area (TPSA) is 70.2 Å². The maximum atomic E-state index is 14.9. The first kappa shape index (κ1) is 25.3. The van der Waals surface area contributed by atoms with Gasteiger partial charge < -0.3 is 10.1 Å². The van der Waals surface area contributed by atoms with Crippen LogP contribution in [-0.4, -0.2) is 15.9 Å². The first-order valence-electron chi connectivity index (χ1n) is 11.5. The fraction of sp³-hybridized carbons (Fsp3) is 0.310. The van der Waals surface area contributed by atoms with Crippen LogP contribution in [0.4, 0.5) is 4.39 Å². The van der Waals surface area contributed by atoms with Gasteiger partial charge in [-0.2, -0.15) is 0 Å². The van der Waals surface area contributed by atoms with Crippen LogP contribution in [0.5, 0.6) is 0 Å². The van der Waals surface area contributed by atoms with Gasteiger partial charge in [0.05, 0.1) is 6.61 Å². The van der Waals surface area contributed by atoms with Gasteiger partial charge in [-0.3, -0.25) is 9.59 Å². The number of H-pyrrole nitrogens is 1. The van der Waals surface area contributed by atoms with E-state index in [2.05, 4.69) is 38.4 Å². The average molecular weight is 462 g/mol. The van der Waals surface area contributed by atoms with Crippen molar-refractivity contribution >= 4 is 11.9 Å². The van der Waals surface area contributed by atoms with Gasteiger partial charge in [-0.05, 0) is 82.3 Å². The second-order valence-electron chi connectivity index (χ2n) is 9.69. The summed E-state index contributed by atoms with van der Waals surface area (Å²) in [4.78, 5) is 27.2. The van der Waals surface area contributed by atoms with Crippen molar-refractivity contribution in [2.75, 3.05) is 0 Å². The van der Waals surface area contributed by atoms with E-state index in [0.717, 1.165) is 16.7 Å². The van der Waals surface area contributed by atoms with Gasteiger partial charge in [0.25, 0.3) is 0 Å². The number of hydrogen-bond donors (Lipinski definition) is 2. The summed E-state index contributed by atoms with van der Waals surface area (Å²) in [5, 5.41) is 9.82. The van der Waals surface area contributed by atoms with E-state index in [9.17, 15) is 19.1 Å². The van der Waals surface area contributed by atoms with Crippen LogP contribution in [0.15, 0.2) is 54.0 Å². The molecule has 0 unspecified atom stereocenters. The number of carbonyl (C=O) groups is 1. The number of nitrogens with one attached hydrogen (secondary N) is 1. The fourth-order valence-corrected chi connectivity index (χ4v) is 4.23. The molecule has 4 nitrogen and oxygen atoms in total. The van der Waals surface area contributed by atoms with Crippen molar-refractivity contribution in [1.29, 1.82) is 0 Å². The van der Waals surface area contributed by atoms with Crippen LogP contribution in [0.1, 0.15) is 71.8 Å². The lowest BCUT2D eigenvalue weighted by Crippen LogP contribution is -2.14. The molecule has 0 saturated heterocycles. The van der Waals surface area contributed by atoms with Crippen LogP contribution >= 0.6 is 0 Å². The molecule has 34 heavy (non-hydrogen) atoms. The smallest absolute Gasteiger partial charge is 0.248 e. The van der Waals surface area contributed by atoms with Crippen molar-refractivity contribution < 1.29 is 14.3 Å². The Morgan fingerprint density at radius 3 is 2.50 bits per heavy atom. The quantitative estimate of drug-likeness (QED) is 0.397. The number of carbonyl (C=O) groups excluding carboxylic acids is 1. The van der Waals surface area contributed by atoms with Crippen LogP contribution in [0.25, 0.3) is 17.2 Å². The van der Waals surface area contributed by atoms with Gasteiger partial charge in [-0.15, -0.1) is 0 Å². The van der Waals surface area contributed by atoms with Crippen LogP contribution in [0, 0.1) is 12.7 Å². The molecule has 5 heteroatoms. The molecule has 0 saturated carbocycles. The predicted octanol–water partition coefficient (Wildman–Crippen LogP) is 6.13. The van der Waals surface area contributed by atoms with E-state index in [1.165, 1.54) is 18.3 Å². The first-order valence-corrected chi connectivity index (χ1v) is 11.5. The van der Waals surface area contributed by atoms with Crippen LogP contribution in [0.3, 0.4) is 0 Å². The first-order chi connectivity index (χ1) is 16.0. The molecule has 0 aliphatic heterocycles. The second kappa shape index (κ2) is 10.3. The van der Waals surface area contributed by atoms with Gasteiger partial charge in [-0.25, -0.2) is 4.39 Å². The third kappa shape index (κ3) is 5.60. The van der Waals surface area contributed by atoms with E-state index < -0.39 is 5.82 Å². The van der Waals surface area contributed by atoms with Crippen molar-refractivity contribution in [1.82, 2.24) is 4.98 Å². The Balaban J connectivity index is 1.79. The van der Waals surface area contributed by atoms with Gasteiger partial charge in [0.15, 0.2) is 5.78 Å². The highest BCUT2D eigenvalue weighted by Gasteiger charge is 2.20. The number of hydrogen-bond acceptors (Lipinski definition) is 3. The zero-order valence-corrected chi connectivity index (χ0v) is 20.3. The summed E-state index contributed by atoms with van der Waals surface area (Å²) >= 11 is 0. The van der Waals surface area contributed by atoms with Crippen molar-refractivity contribution in [3.8, 4) is 11.1 Å². The Kier molecular flexibility index (Phi) is 7.68. The van der Waals surface area contributed by atoms with Gasteiger partial charge >= 0.3 is 0 Å². The average Bonchev–Trinajstić information content (AvgIpc) is 2.78. The van der Waals surface area contributed by atoms with Crippen molar-refractivity contribution in [3.05, 3.63) is 98.7 Å². The summed E-state index contributed by atoms with van der Waals surface area (Å²) in [6.07, 6.45) is 4.32. The number of rotatable bonds is 8. The summed E-state index contributed by atoms with van der Waals surface area (Å²) in [5.41, 5.74) is 5.23. The lowest BCUT2D eigenvalue weighted by Gasteiger charge is -2.22. The summed E-state index contributed by atoms with van der Waals surface area (Å²) in [5.74, 6) is -0.409. The van der Waals surface area contributed by atoms with Gasteiger partial charge in [0.2, 0.25) is 5.56 Å². The molecule has 0 bridgehead atoms. The molecule has 2 aromatic carbocycles. The minimum Gasteiger partial charge on any atom is -0.392 e. The SMILES string of the molecule is C=Cc1cc(C(C)(C)C)cc(C)c1C(=O)CCCc1cc(CO)c(-c2cc[nH]c(=O)c2)cc1F. The van der Waals surface area contributed by atoms with Crippen molar-refractivity contribution in [3.63, 3.8) is 0 Å². The Morgan fingerprint density at radius 1 is 1.15 bits per heavy atom. The third-order valence-electron chi connectivity index (χ3n) is 6.11. The van der Waals surface area contributed by atoms with Crippen LogP contribution in [-0.2, 0) is 18.4 Å². The minimum absolute atomic E-state index is 0.00998. The number of aryl methyl sites for hydroxylation is 2. The van der Waals surface area contributed by atoms with E-state index in [1.54, 1.807) is 18.2 Å². The Hall–Kier alpha value is -3.31. The predicted molar refractivity (Wildman–Crippen MR) is 136 cm³/mol. The summed E-state index contributed by atoms with van der Waals surface area (Å²) in [7, 11) is 0.